The Morgan fingerprint density at radius 1 is 1.80 bits per heavy atom. The standard InChI is InChI=1S/C8H12N2/c1-3-5-9-8-7(2)4-6-10-8/h3-4,6,9-10H,1,5H2,2H3. The molecule has 1 heterocycles. The molecule has 0 unspecified atom stereocenters. The Hall–Kier alpha value is -1.18. The molecule has 0 spiro atoms. The van der Waals surface area contributed by atoms with Crippen molar-refractivity contribution in [3.63, 3.8) is 0 Å². The number of H-pyrrole nitrogens is 1. The fourth-order valence-electron chi connectivity index (χ4n) is 0.812. The highest BCUT2D eigenvalue weighted by Crippen LogP contribution is 2.09. The van der Waals surface area contributed by atoms with Crippen molar-refractivity contribution in [1.82, 2.24) is 4.98 Å². The summed E-state index contributed by atoms with van der Waals surface area (Å²) in [5.74, 6) is 1.08. The van der Waals surface area contributed by atoms with Gasteiger partial charge in [0.25, 0.3) is 0 Å². The summed E-state index contributed by atoms with van der Waals surface area (Å²) in [6.45, 7) is 6.48. The van der Waals surface area contributed by atoms with Crippen molar-refractivity contribution in [2.75, 3.05) is 11.9 Å². The van der Waals surface area contributed by atoms with Gasteiger partial charge in [-0.2, -0.15) is 0 Å². The third-order valence-corrected chi connectivity index (χ3v) is 1.38. The molecule has 0 aliphatic carbocycles. The van der Waals surface area contributed by atoms with E-state index in [2.05, 4.69) is 23.8 Å². The molecule has 1 aromatic heterocycles. The smallest absolute Gasteiger partial charge is 0.106 e. The molecule has 0 aromatic carbocycles. The molecule has 0 aliphatic heterocycles. The summed E-state index contributed by atoms with van der Waals surface area (Å²) < 4.78 is 0. The van der Waals surface area contributed by atoms with Gasteiger partial charge in [0, 0.05) is 12.7 Å². The average Bonchev–Trinajstić information content (AvgIpc) is 2.31. The molecule has 0 radical (unpaired) electrons. The maximum absolute atomic E-state index is 3.61. The Kier molecular flexibility index (Phi) is 2.15. The van der Waals surface area contributed by atoms with E-state index >= 15 is 0 Å². The van der Waals surface area contributed by atoms with Crippen LogP contribution in [0.4, 0.5) is 5.82 Å². The van der Waals surface area contributed by atoms with Crippen molar-refractivity contribution in [2.24, 2.45) is 0 Å². The van der Waals surface area contributed by atoms with Crippen LogP contribution >= 0.6 is 0 Å². The number of hydrogen-bond donors (Lipinski definition) is 2. The van der Waals surface area contributed by atoms with Crippen LogP contribution in [0.5, 0.6) is 0 Å². The van der Waals surface area contributed by atoms with E-state index in [0.29, 0.717) is 0 Å². The number of anilines is 1. The lowest BCUT2D eigenvalue weighted by atomic mass is 10.3. The van der Waals surface area contributed by atoms with E-state index in [1.54, 1.807) is 0 Å². The quantitative estimate of drug-likeness (QED) is 0.610. The molecule has 54 valence electrons. The van der Waals surface area contributed by atoms with Crippen LogP contribution in [0.3, 0.4) is 0 Å². The molecule has 10 heavy (non-hydrogen) atoms. The summed E-state index contributed by atoms with van der Waals surface area (Å²) in [5, 5.41) is 3.17. The van der Waals surface area contributed by atoms with Crippen molar-refractivity contribution in [3.05, 3.63) is 30.5 Å². The first-order valence-corrected chi connectivity index (χ1v) is 3.33. The lowest BCUT2D eigenvalue weighted by Crippen LogP contribution is -1.98. The van der Waals surface area contributed by atoms with E-state index in [9.17, 15) is 0 Å². The van der Waals surface area contributed by atoms with Crippen LogP contribution in [0.1, 0.15) is 5.56 Å². The molecule has 0 saturated heterocycles. The monoisotopic (exact) mass is 136 g/mol. The maximum Gasteiger partial charge on any atom is 0.106 e. The third kappa shape index (κ3) is 1.41. The fraction of sp³-hybridized carbons (Fsp3) is 0.250. The minimum Gasteiger partial charge on any atom is -0.368 e. The molecular weight excluding hydrogens is 124 g/mol. The number of aromatic nitrogens is 1. The predicted molar refractivity (Wildman–Crippen MR) is 44.2 cm³/mol. The van der Waals surface area contributed by atoms with Gasteiger partial charge in [-0.05, 0) is 18.6 Å². The van der Waals surface area contributed by atoms with Gasteiger partial charge in [-0.1, -0.05) is 6.08 Å². The lowest BCUT2D eigenvalue weighted by molar-refractivity contribution is 1.25. The summed E-state index contributed by atoms with van der Waals surface area (Å²) in [4.78, 5) is 3.08. The molecule has 2 nitrogen and oxygen atoms in total. The topological polar surface area (TPSA) is 27.8 Å². The number of hydrogen-bond acceptors (Lipinski definition) is 1. The van der Waals surface area contributed by atoms with E-state index in [0.717, 1.165) is 12.4 Å². The Labute approximate surface area is 61.0 Å². The predicted octanol–water partition coefficient (Wildman–Crippen LogP) is 1.92. The SMILES string of the molecule is C=CCNc1[nH]ccc1C. The van der Waals surface area contributed by atoms with E-state index < -0.39 is 0 Å². The highest BCUT2D eigenvalue weighted by molar-refractivity contribution is 5.43. The molecule has 0 aliphatic rings. The van der Waals surface area contributed by atoms with Gasteiger partial charge in [0.1, 0.15) is 5.82 Å². The van der Waals surface area contributed by atoms with Crippen LogP contribution in [-0.2, 0) is 0 Å². The number of aryl methyl sites for hydroxylation is 1. The second-order valence-corrected chi connectivity index (χ2v) is 2.21. The second kappa shape index (κ2) is 3.11. The average molecular weight is 136 g/mol. The van der Waals surface area contributed by atoms with Crippen LogP contribution in [0.15, 0.2) is 24.9 Å². The molecule has 1 aromatic rings. The van der Waals surface area contributed by atoms with Crippen molar-refractivity contribution >= 4 is 5.82 Å². The number of nitrogens with one attached hydrogen (secondary N) is 2. The van der Waals surface area contributed by atoms with Crippen LogP contribution in [-0.4, -0.2) is 11.5 Å². The van der Waals surface area contributed by atoms with E-state index in [1.165, 1.54) is 5.56 Å². The van der Waals surface area contributed by atoms with Gasteiger partial charge in [0.15, 0.2) is 0 Å². The first-order chi connectivity index (χ1) is 4.84. The normalized spacial score (nSPS) is 9.30. The number of aromatic amines is 1. The third-order valence-electron chi connectivity index (χ3n) is 1.38. The zero-order chi connectivity index (χ0) is 7.40. The van der Waals surface area contributed by atoms with E-state index in [-0.39, 0.29) is 0 Å². The Balaban J connectivity index is 2.56. The Morgan fingerprint density at radius 2 is 2.60 bits per heavy atom. The molecule has 0 fully saturated rings. The summed E-state index contributed by atoms with van der Waals surface area (Å²) in [6, 6.07) is 2.03. The van der Waals surface area contributed by atoms with Crippen molar-refractivity contribution in [2.45, 2.75) is 6.92 Å². The first-order valence-electron chi connectivity index (χ1n) is 3.33. The second-order valence-electron chi connectivity index (χ2n) is 2.21. The van der Waals surface area contributed by atoms with Gasteiger partial charge in [-0.3, -0.25) is 0 Å². The summed E-state index contributed by atoms with van der Waals surface area (Å²) >= 11 is 0. The Morgan fingerprint density at radius 3 is 3.10 bits per heavy atom. The Bertz CT molecular complexity index is 213. The highest BCUT2D eigenvalue weighted by Gasteiger charge is 1.93. The maximum atomic E-state index is 3.61. The largest absolute Gasteiger partial charge is 0.368 e. The zero-order valence-corrected chi connectivity index (χ0v) is 6.15. The van der Waals surface area contributed by atoms with Gasteiger partial charge >= 0.3 is 0 Å². The van der Waals surface area contributed by atoms with Crippen LogP contribution < -0.4 is 5.32 Å². The first kappa shape index (κ1) is 6.93. The molecule has 1 rings (SSSR count). The molecule has 0 bridgehead atoms. The molecular formula is C8H12N2. The van der Waals surface area contributed by atoms with E-state index in [4.69, 9.17) is 0 Å². The summed E-state index contributed by atoms with van der Waals surface area (Å²) in [7, 11) is 0. The lowest BCUT2D eigenvalue weighted by Gasteiger charge is -1.99. The van der Waals surface area contributed by atoms with Crippen LogP contribution in [0.2, 0.25) is 0 Å². The fourth-order valence-corrected chi connectivity index (χ4v) is 0.812. The summed E-state index contributed by atoms with van der Waals surface area (Å²) in [5.41, 5.74) is 1.24. The molecule has 0 amide bonds. The van der Waals surface area contributed by atoms with Gasteiger partial charge in [-0.25, -0.2) is 0 Å². The van der Waals surface area contributed by atoms with Gasteiger partial charge in [0.2, 0.25) is 0 Å². The molecule has 0 atom stereocenters. The van der Waals surface area contributed by atoms with Gasteiger partial charge in [-0.15, -0.1) is 6.58 Å². The minimum atomic E-state index is 0.807. The van der Waals surface area contributed by atoms with Crippen molar-refractivity contribution in [1.29, 1.82) is 0 Å². The summed E-state index contributed by atoms with van der Waals surface area (Å²) in [6.07, 6.45) is 3.75. The molecule has 0 saturated carbocycles. The van der Waals surface area contributed by atoms with Crippen molar-refractivity contribution in [3.8, 4) is 0 Å². The van der Waals surface area contributed by atoms with Crippen molar-refractivity contribution < 1.29 is 0 Å². The molecule has 2 heteroatoms. The minimum absolute atomic E-state index is 0.807. The van der Waals surface area contributed by atoms with E-state index in [1.807, 2.05) is 18.3 Å². The van der Waals surface area contributed by atoms with Gasteiger partial charge in [0.05, 0.1) is 0 Å². The van der Waals surface area contributed by atoms with Crippen LogP contribution in [0.25, 0.3) is 0 Å². The van der Waals surface area contributed by atoms with Crippen LogP contribution in [0, 0.1) is 6.92 Å². The zero-order valence-electron chi connectivity index (χ0n) is 6.15. The molecule has 2 N–H and O–H groups in total. The number of rotatable bonds is 3. The van der Waals surface area contributed by atoms with Gasteiger partial charge < -0.3 is 10.3 Å². The highest BCUT2D eigenvalue weighted by atomic mass is 15.0.